The highest BCUT2D eigenvalue weighted by atomic mass is 16.5. The standard InChI is InChI=1S/C45H83NO2/c1-27-43(23)29-28(2)30(48-32(47)37(11,12)42(21,22)46-26)34(5,6)45(25,33(29,3)4)36(9,10)31-35(7,8)38(13,14)39(15,16)40(17,18)44(31,24)41(43,19)20/h30-31,46H,27H2,1-26H3. The van der Waals surface area contributed by atoms with Crippen LogP contribution in [0.3, 0.4) is 0 Å². The molecule has 3 aliphatic rings. The topological polar surface area (TPSA) is 38.3 Å². The van der Waals surface area contributed by atoms with E-state index in [1.165, 1.54) is 11.1 Å². The lowest BCUT2D eigenvalue weighted by atomic mass is 9.19. The first-order chi connectivity index (χ1) is 20.8. The lowest BCUT2D eigenvalue weighted by Gasteiger charge is -2.85. The molecule has 0 aromatic rings. The van der Waals surface area contributed by atoms with E-state index in [0.717, 1.165) is 6.42 Å². The summed E-state index contributed by atoms with van der Waals surface area (Å²) >= 11 is 0. The highest BCUT2D eigenvalue weighted by Crippen LogP contribution is 2.88. The first-order valence-electron chi connectivity index (χ1n) is 19.4. The van der Waals surface area contributed by atoms with Gasteiger partial charge in [-0.1, -0.05) is 144 Å². The summed E-state index contributed by atoms with van der Waals surface area (Å²) in [6.07, 6.45) is 0.675. The fraction of sp³-hybridized carbons (Fsp3) is 0.933. The van der Waals surface area contributed by atoms with E-state index in [1.807, 2.05) is 20.9 Å². The van der Waals surface area contributed by atoms with Gasteiger partial charge in [-0.2, -0.15) is 0 Å². The molecule has 0 radical (unpaired) electrons. The lowest BCUT2D eigenvalue weighted by Crippen LogP contribution is -2.80. The molecule has 3 nitrogen and oxygen atoms in total. The second-order valence-electron chi connectivity index (χ2n) is 23.1. The number of esters is 1. The minimum atomic E-state index is -0.731. The van der Waals surface area contributed by atoms with Gasteiger partial charge in [0.25, 0.3) is 0 Å². The van der Waals surface area contributed by atoms with Gasteiger partial charge in [-0.3, -0.25) is 4.79 Å². The average molecular weight is 670 g/mol. The molecule has 0 amide bonds. The van der Waals surface area contributed by atoms with Crippen LogP contribution in [-0.4, -0.2) is 24.7 Å². The van der Waals surface area contributed by atoms with Crippen LogP contribution in [0.2, 0.25) is 0 Å². The van der Waals surface area contributed by atoms with Crippen LogP contribution in [0.4, 0.5) is 0 Å². The monoisotopic (exact) mass is 670 g/mol. The predicted molar refractivity (Wildman–Crippen MR) is 208 cm³/mol. The zero-order valence-corrected chi connectivity index (χ0v) is 37.2. The third-order valence-corrected chi connectivity index (χ3v) is 20.8. The molecule has 0 aromatic carbocycles. The van der Waals surface area contributed by atoms with Crippen LogP contribution in [0.5, 0.6) is 0 Å². The van der Waals surface area contributed by atoms with Crippen molar-refractivity contribution in [2.45, 2.75) is 191 Å². The van der Waals surface area contributed by atoms with E-state index in [0.29, 0.717) is 5.92 Å². The predicted octanol–water partition coefficient (Wildman–Crippen LogP) is 12.5. The van der Waals surface area contributed by atoms with Crippen molar-refractivity contribution in [2.24, 2.45) is 70.9 Å². The number of rotatable bonds is 5. The van der Waals surface area contributed by atoms with Crippen LogP contribution < -0.4 is 5.32 Å². The number of hydrogen-bond acceptors (Lipinski definition) is 3. The largest absolute Gasteiger partial charge is 0.457 e. The van der Waals surface area contributed by atoms with E-state index in [4.69, 9.17) is 4.74 Å². The summed E-state index contributed by atoms with van der Waals surface area (Å²) in [6, 6.07) is 0. The molecule has 5 atom stereocenters. The number of carbonyl (C=O) groups is 1. The summed E-state index contributed by atoms with van der Waals surface area (Å²) in [5.41, 5.74) is 0.309. The summed E-state index contributed by atoms with van der Waals surface area (Å²) in [5, 5.41) is 3.41. The van der Waals surface area contributed by atoms with Gasteiger partial charge in [0.15, 0.2) is 0 Å². The summed E-state index contributed by atoms with van der Waals surface area (Å²) in [4.78, 5) is 14.6. The molecule has 1 N–H and O–H groups in total. The molecule has 2 fully saturated rings. The van der Waals surface area contributed by atoms with Crippen LogP contribution in [0.1, 0.15) is 180 Å². The van der Waals surface area contributed by atoms with Gasteiger partial charge >= 0.3 is 5.97 Å². The molecule has 0 aromatic heterocycles. The van der Waals surface area contributed by atoms with Gasteiger partial charge in [-0.25, -0.2) is 0 Å². The average Bonchev–Trinajstić information content (AvgIpc) is 2.91. The maximum atomic E-state index is 14.6. The van der Waals surface area contributed by atoms with Gasteiger partial charge in [-0.15, -0.1) is 0 Å². The van der Waals surface area contributed by atoms with E-state index >= 15 is 0 Å². The normalized spacial score (nSPS) is 38.7. The molecule has 48 heavy (non-hydrogen) atoms. The maximum Gasteiger partial charge on any atom is 0.313 e. The van der Waals surface area contributed by atoms with Crippen molar-refractivity contribution < 1.29 is 9.53 Å². The summed E-state index contributed by atoms with van der Waals surface area (Å²) in [6.45, 7) is 62.2. The van der Waals surface area contributed by atoms with E-state index < -0.39 is 11.0 Å². The highest BCUT2D eigenvalue weighted by molar-refractivity contribution is 5.78. The molecule has 3 heteroatoms. The van der Waals surface area contributed by atoms with Crippen molar-refractivity contribution >= 4 is 5.97 Å². The molecule has 0 aliphatic heterocycles. The Morgan fingerprint density at radius 3 is 1.50 bits per heavy atom. The third-order valence-electron chi connectivity index (χ3n) is 20.8. The van der Waals surface area contributed by atoms with E-state index in [-0.39, 0.29) is 71.6 Å². The molecule has 3 aliphatic carbocycles. The fourth-order valence-corrected chi connectivity index (χ4v) is 14.5. The molecular weight excluding hydrogens is 587 g/mol. The summed E-state index contributed by atoms with van der Waals surface area (Å²) < 4.78 is 7.05. The molecule has 3 rings (SSSR count). The first-order valence-corrected chi connectivity index (χ1v) is 19.4. The molecule has 280 valence electrons. The lowest BCUT2D eigenvalue weighted by molar-refractivity contribution is -0.358. The second kappa shape index (κ2) is 10.4. The summed E-state index contributed by atoms with van der Waals surface area (Å²) in [7, 11) is 1.94. The smallest absolute Gasteiger partial charge is 0.313 e. The Kier molecular flexibility index (Phi) is 9.01. The number of ether oxygens (including phenoxy) is 1. The molecular formula is C45H83NO2. The van der Waals surface area contributed by atoms with E-state index in [9.17, 15) is 4.79 Å². The van der Waals surface area contributed by atoms with Crippen LogP contribution in [0.25, 0.3) is 0 Å². The Labute approximate surface area is 300 Å². The second-order valence-corrected chi connectivity index (χ2v) is 23.1. The van der Waals surface area contributed by atoms with Crippen molar-refractivity contribution in [1.29, 1.82) is 0 Å². The zero-order chi connectivity index (χ0) is 38.5. The minimum Gasteiger partial charge on any atom is -0.457 e. The minimum absolute atomic E-state index is 0.0136. The number of allylic oxidation sites excluding steroid dienone is 1. The quantitative estimate of drug-likeness (QED) is 0.234. The third kappa shape index (κ3) is 3.96. The Hall–Kier alpha value is -0.830. The first kappa shape index (κ1) is 41.6. The Bertz CT molecular complexity index is 1360. The van der Waals surface area contributed by atoms with Crippen LogP contribution in [0, 0.1) is 70.9 Å². The Morgan fingerprint density at radius 2 is 1.10 bits per heavy atom. The van der Waals surface area contributed by atoms with Crippen molar-refractivity contribution in [1.82, 2.24) is 5.32 Å². The van der Waals surface area contributed by atoms with Crippen LogP contribution in [-0.2, 0) is 9.53 Å². The van der Waals surface area contributed by atoms with Crippen molar-refractivity contribution in [3.63, 3.8) is 0 Å². The molecule has 0 saturated heterocycles. The zero-order valence-electron chi connectivity index (χ0n) is 37.2. The van der Waals surface area contributed by atoms with Crippen LogP contribution in [0.15, 0.2) is 11.1 Å². The van der Waals surface area contributed by atoms with Crippen molar-refractivity contribution in [2.75, 3.05) is 7.05 Å². The maximum absolute atomic E-state index is 14.6. The van der Waals surface area contributed by atoms with Gasteiger partial charge in [-0.05, 0) is 114 Å². The molecule has 2 saturated carbocycles. The van der Waals surface area contributed by atoms with Crippen molar-refractivity contribution in [3.8, 4) is 0 Å². The fourth-order valence-electron chi connectivity index (χ4n) is 14.5. The van der Waals surface area contributed by atoms with Crippen LogP contribution >= 0.6 is 0 Å². The molecule has 0 heterocycles. The highest BCUT2D eigenvalue weighted by Gasteiger charge is 2.83. The number of nitrogens with one attached hydrogen (secondary N) is 1. The van der Waals surface area contributed by atoms with Gasteiger partial charge in [0, 0.05) is 11.0 Å². The Morgan fingerprint density at radius 1 is 0.667 bits per heavy atom. The number of hydrogen-bond donors (Lipinski definition) is 1. The number of fused-ring (bicyclic) bond motifs is 3. The molecule has 2 bridgehead atoms. The number of carbonyl (C=O) groups excluding carboxylic acids is 1. The Balaban J connectivity index is 2.71. The van der Waals surface area contributed by atoms with E-state index in [2.05, 4.69) is 165 Å². The van der Waals surface area contributed by atoms with Crippen molar-refractivity contribution in [3.05, 3.63) is 11.1 Å². The van der Waals surface area contributed by atoms with Gasteiger partial charge in [0.1, 0.15) is 6.10 Å². The summed E-state index contributed by atoms with van der Waals surface area (Å²) in [5.74, 6) is 0.218. The molecule has 0 spiro atoms. The van der Waals surface area contributed by atoms with E-state index in [1.54, 1.807) is 0 Å². The van der Waals surface area contributed by atoms with Gasteiger partial charge in [0.05, 0.1) is 5.41 Å². The molecule has 5 unspecified atom stereocenters. The van der Waals surface area contributed by atoms with Gasteiger partial charge in [0.2, 0.25) is 0 Å². The van der Waals surface area contributed by atoms with Gasteiger partial charge < -0.3 is 10.1 Å². The SMILES string of the molecule is CCC1(C)C2=C(C)C(OC(=O)C(C)(C)C(C)(C)NC)C(C)(C)C(C)(C2(C)C)C(C)(C)C2C(C)(C)C(C)(C)C(C)(C)C(C)(C)C2(C)C1(C)C.